The summed E-state index contributed by atoms with van der Waals surface area (Å²) in [7, 11) is 0. The molecule has 4 heteroatoms. The molecule has 0 saturated heterocycles. The van der Waals surface area contributed by atoms with E-state index in [2.05, 4.69) is 104 Å². The maximum Gasteiger partial charge on any atom is 0.119 e. The van der Waals surface area contributed by atoms with Gasteiger partial charge >= 0.3 is 0 Å². The van der Waals surface area contributed by atoms with E-state index >= 15 is 0 Å². The molecule has 140 valence electrons. The van der Waals surface area contributed by atoms with E-state index in [1.165, 1.54) is 28.1 Å². The molecular weight excluding hydrogens is 332 g/mol. The lowest BCUT2D eigenvalue weighted by molar-refractivity contribution is 0.514. The van der Waals surface area contributed by atoms with Crippen LogP contribution in [0.1, 0.15) is 43.2 Å². The number of allylic oxidation sites excluding steroid dienone is 3. The first-order valence-electron chi connectivity index (χ1n) is 9.51. The average Bonchev–Trinajstić information content (AvgIpc) is 3.20. The van der Waals surface area contributed by atoms with Crippen LogP contribution in [-0.2, 0) is 5.41 Å². The van der Waals surface area contributed by atoms with E-state index in [0.29, 0.717) is 0 Å². The summed E-state index contributed by atoms with van der Waals surface area (Å²) in [5.74, 6) is 1.14. The van der Waals surface area contributed by atoms with Crippen molar-refractivity contribution < 1.29 is 0 Å². The van der Waals surface area contributed by atoms with Gasteiger partial charge in [0, 0.05) is 23.5 Å². The van der Waals surface area contributed by atoms with Gasteiger partial charge in [0.2, 0.25) is 0 Å². The predicted molar refractivity (Wildman–Crippen MR) is 112 cm³/mol. The molecule has 0 saturated carbocycles. The molecule has 2 aliphatic heterocycles. The first-order chi connectivity index (χ1) is 12.7. The molecule has 3 heterocycles. The van der Waals surface area contributed by atoms with Crippen LogP contribution in [-0.4, -0.2) is 21.1 Å². The number of fused-ring (bicyclic) bond motifs is 1. The quantitative estimate of drug-likeness (QED) is 0.745. The third kappa shape index (κ3) is 3.09. The lowest BCUT2D eigenvalue weighted by Crippen LogP contribution is -2.29. The smallest absolute Gasteiger partial charge is 0.119 e. The molecule has 0 bridgehead atoms. The Labute approximate surface area is 162 Å². The molecule has 1 aromatic carbocycles. The van der Waals surface area contributed by atoms with Gasteiger partial charge in [-0.1, -0.05) is 44.5 Å². The van der Waals surface area contributed by atoms with Gasteiger partial charge in [-0.05, 0) is 44.1 Å². The molecule has 0 N–H and O–H groups in total. The van der Waals surface area contributed by atoms with Crippen LogP contribution < -0.4 is 4.90 Å². The highest BCUT2D eigenvalue weighted by molar-refractivity contribution is 5.66. The second kappa shape index (κ2) is 6.15. The van der Waals surface area contributed by atoms with Crippen LogP contribution in [0.5, 0.6) is 0 Å². The Morgan fingerprint density at radius 2 is 1.74 bits per heavy atom. The molecule has 0 fully saturated rings. The van der Waals surface area contributed by atoms with E-state index in [9.17, 15) is 0 Å². The zero-order valence-corrected chi connectivity index (χ0v) is 17.1. The second-order valence-electron chi connectivity index (χ2n) is 8.64. The Balaban J connectivity index is 1.67. The third-order valence-corrected chi connectivity index (χ3v) is 5.22. The lowest BCUT2D eigenvalue weighted by Gasteiger charge is -2.28. The van der Waals surface area contributed by atoms with Gasteiger partial charge in [-0.3, -0.25) is 4.57 Å². The number of hydrogen-bond donors (Lipinski definition) is 0. The minimum absolute atomic E-state index is 0.0438. The van der Waals surface area contributed by atoms with Crippen molar-refractivity contribution in [2.45, 2.75) is 47.0 Å². The molecule has 4 rings (SSSR count). The van der Waals surface area contributed by atoms with E-state index in [4.69, 9.17) is 0 Å². The van der Waals surface area contributed by atoms with E-state index in [1.54, 1.807) is 0 Å². The van der Waals surface area contributed by atoms with Crippen molar-refractivity contribution in [3.8, 4) is 0 Å². The molecule has 0 spiro atoms. The van der Waals surface area contributed by atoms with Gasteiger partial charge < -0.3 is 9.80 Å². The number of hydrogen-bond acceptors (Lipinski definition) is 3. The fourth-order valence-electron chi connectivity index (χ4n) is 3.99. The Bertz CT molecular complexity index is 959. The maximum absolute atomic E-state index is 4.63. The van der Waals surface area contributed by atoms with Crippen molar-refractivity contribution in [1.29, 1.82) is 0 Å². The van der Waals surface area contributed by atoms with Crippen LogP contribution in [0.3, 0.4) is 0 Å². The van der Waals surface area contributed by atoms with Crippen LogP contribution in [0.4, 0.5) is 5.69 Å². The predicted octanol–water partition coefficient (Wildman–Crippen LogP) is 5.10. The topological polar surface area (TPSA) is 24.3 Å². The Morgan fingerprint density at radius 3 is 2.37 bits per heavy atom. The molecular formula is C23H28N4. The summed E-state index contributed by atoms with van der Waals surface area (Å²) >= 11 is 0. The molecule has 0 atom stereocenters. The fourth-order valence-corrected chi connectivity index (χ4v) is 3.99. The molecule has 0 unspecified atom stereocenters. The molecule has 1 aromatic heterocycles. The molecule has 2 aromatic rings. The SMILES string of the molecule is Cc1cc(C)c(N2C=C3C=CC=C(n4cnc(C(C)(C)C)c4)N3C2)c(C)c1. The summed E-state index contributed by atoms with van der Waals surface area (Å²) in [4.78, 5) is 9.32. The van der Waals surface area contributed by atoms with Crippen molar-refractivity contribution in [3.63, 3.8) is 0 Å². The van der Waals surface area contributed by atoms with Crippen molar-refractivity contribution in [2.75, 3.05) is 11.6 Å². The van der Waals surface area contributed by atoms with Crippen LogP contribution in [0.25, 0.3) is 5.82 Å². The third-order valence-electron chi connectivity index (χ3n) is 5.22. The van der Waals surface area contributed by atoms with E-state index in [1.807, 2.05) is 6.33 Å². The van der Waals surface area contributed by atoms with Crippen molar-refractivity contribution in [1.82, 2.24) is 14.5 Å². The highest BCUT2D eigenvalue weighted by Crippen LogP contribution is 2.35. The summed E-state index contributed by atoms with van der Waals surface area (Å²) in [6.07, 6.45) is 12.8. The number of aryl methyl sites for hydroxylation is 3. The summed E-state index contributed by atoms with van der Waals surface area (Å²) in [6.45, 7) is 13.9. The molecule has 4 nitrogen and oxygen atoms in total. The number of rotatable bonds is 2. The minimum Gasteiger partial charge on any atom is -0.327 e. The summed E-state index contributed by atoms with van der Waals surface area (Å²) in [5, 5.41) is 0. The van der Waals surface area contributed by atoms with Gasteiger partial charge in [0.15, 0.2) is 0 Å². The second-order valence-corrected chi connectivity index (χ2v) is 8.64. The standard InChI is InChI=1S/C23H28N4/c1-16-10-17(2)22(18(3)11-16)26-12-19-8-7-9-21(27(19)15-26)25-13-20(24-14-25)23(4,5)6/h7-14H,15H2,1-6H3. The van der Waals surface area contributed by atoms with Crippen molar-refractivity contribution >= 4 is 11.5 Å². The fraction of sp³-hybridized carbons (Fsp3) is 0.348. The largest absolute Gasteiger partial charge is 0.327 e. The van der Waals surface area contributed by atoms with Crippen molar-refractivity contribution in [2.24, 2.45) is 0 Å². The molecule has 0 aliphatic carbocycles. The normalized spacial score (nSPS) is 16.5. The van der Waals surface area contributed by atoms with Gasteiger partial charge in [-0.15, -0.1) is 0 Å². The summed E-state index contributed by atoms with van der Waals surface area (Å²) < 4.78 is 2.14. The van der Waals surface area contributed by atoms with Crippen molar-refractivity contribution in [3.05, 3.63) is 77.2 Å². The van der Waals surface area contributed by atoms with Gasteiger partial charge in [-0.2, -0.15) is 0 Å². The zero-order valence-electron chi connectivity index (χ0n) is 17.1. The maximum atomic E-state index is 4.63. The van der Waals surface area contributed by atoms with E-state index in [-0.39, 0.29) is 5.41 Å². The number of aromatic nitrogens is 2. The monoisotopic (exact) mass is 360 g/mol. The summed E-state index contributed by atoms with van der Waals surface area (Å²) in [5.41, 5.74) is 7.60. The number of benzene rings is 1. The highest BCUT2D eigenvalue weighted by atomic mass is 15.4. The average molecular weight is 361 g/mol. The number of nitrogens with zero attached hydrogens (tertiary/aromatic N) is 4. The number of imidazole rings is 1. The highest BCUT2D eigenvalue weighted by Gasteiger charge is 2.28. The summed E-state index contributed by atoms with van der Waals surface area (Å²) in [6, 6.07) is 4.52. The Kier molecular flexibility index (Phi) is 4.02. The van der Waals surface area contributed by atoms with Crippen LogP contribution in [0.15, 0.2) is 54.8 Å². The first kappa shape index (κ1) is 17.7. The number of anilines is 1. The minimum atomic E-state index is 0.0438. The van der Waals surface area contributed by atoms with Gasteiger partial charge in [0.05, 0.1) is 11.4 Å². The molecule has 0 amide bonds. The van der Waals surface area contributed by atoms with E-state index in [0.717, 1.165) is 18.2 Å². The Hall–Kier alpha value is -2.75. The zero-order chi connectivity index (χ0) is 19.3. The first-order valence-corrected chi connectivity index (χ1v) is 9.51. The van der Waals surface area contributed by atoms with Crippen LogP contribution in [0.2, 0.25) is 0 Å². The van der Waals surface area contributed by atoms with E-state index < -0.39 is 0 Å². The van der Waals surface area contributed by atoms with Crippen LogP contribution in [0, 0.1) is 20.8 Å². The van der Waals surface area contributed by atoms with Gasteiger partial charge in [0.25, 0.3) is 0 Å². The molecule has 2 aliphatic rings. The van der Waals surface area contributed by atoms with Gasteiger partial charge in [0.1, 0.15) is 18.8 Å². The lowest BCUT2D eigenvalue weighted by atomic mass is 9.93. The molecule has 0 radical (unpaired) electrons. The Morgan fingerprint density at radius 1 is 1.04 bits per heavy atom. The van der Waals surface area contributed by atoms with Gasteiger partial charge in [-0.25, -0.2) is 4.98 Å². The van der Waals surface area contributed by atoms with Crippen LogP contribution >= 0.6 is 0 Å². The molecule has 27 heavy (non-hydrogen) atoms.